The van der Waals surface area contributed by atoms with Gasteiger partial charge in [0.05, 0.1) is 6.26 Å². The molecule has 0 bridgehead atoms. The molecule has 4 rings (SSSR count). The number of nitrogens with zero attached hydrogens (tertiary/aromatic N) is 2. The normalized spacial score (nSPS) is 21.1. The van der Waals surface area contributed by atoms with Crippen LogP contribution < -0.4 is 4.72 Å². The molecule has 2 aliphatic rings. The van der Waals surface area contributed by atoms with Gasteiger partial charge in [0.25, 0.3) is 5.91 Å². The molecule has 2 aromatic carbocycles. The Labute approximate surface area is 206 Å². The first kappa shape index (κ1) is 24.9. The Morgan fingerprint density at radius 2 is 1.83 bits per heavy atom. The van der Waals surface area contributed by atoms with Crippen LogP contribution in [0.2, 0.25) is 0 Å². The molecule has 2 amide bonds. The molecule has 2 atom stereocenters. The fourth-order valence-electron chi connectivity index (χ4n) is 4.91. The van der Waals surface area contributed by atoms with Crippen molar-refractivity contribution in [1.29, 1.82) is 0 Å². The van der Waals surface area contributed by atoms with Gasteiger partial charge in [-0.3, -0.25) is 9.69 Å². The molecule has 2 unspecified atom stereocenters. The number of amides is 2. The number of hydrogen-bond donors (Lipinski definition) is 2. The summed E-state index contributed by atoms with van der Waals surface area (Å²) < 4.78 is 24.2. The van der Waals surface area contributed by atoms with Crippen molar-refractivity contribution in [3.63, 3.8) is 0 Å². The summed E-state index contributed by atoms with van der Waals surface area (Å²) in [6.45, 7) is 2.36. The highest BCUT2D eigenvalue weighted by Gasteiger charge is 2.47. The predicted molar refractivity (Wildman–Crippen MR) is 134 cm³/mol. The number of hydrogen-bond acceptors (Lipinski definition) is 5. The zero-order chi connectivity index (χ0) is 25.0. The first-order valence-corrected chi connectivity index (χ1v) is 13.7. The van der Waals surface area contributed by atoms with Crippen molar-refractivity contribution in [1.82, 2.24) is 14.5 Å². The van der Waals surface area contributed by atoms with Crippen molar-refractivity contribution in [2.45, 2.75) is 43.8 Å². The Kier molecular flexibility index (Phi) is 7.57. The van der Waals surface area contributed by atoms with Crippen molar-refractivity contribution >= 4 is 28.1 Å². The van der Waals surface area contributed by atoms with Crippen molar-refractivity contribution in [2.75, 3.05) is 19.3 Å². The number of sulfonamides is 1. The van der Waals surface area contributed by atoms with Crippen molar-refractivity contribution in [2.24, 2.45) is 0 Å². The monoisotopic (exact) mass is 497 g/mol. The molecule has 1 heterocycles. The minimum Gasteiger partial charge on any atom is -0.465 e. The number of nitrogens with one attached hydrogen (secondary N) is 1. The highest BCUT2D eigenvalue weighted by atomic mass is 32.2. The Balaban J connectivity index is 1.31. The van der Waals surface area contributed by atoms with E-state index in [1.807, 2.05) is 47.2 Å². The third-order valence-electron chi connectivity index (χ3n) is 6.58. The molecular weight excluding hydrogens is 466 g/mol. The number of piperidine rings is 1. The molecule has 35 heavy (non-hydrogen) atoms. The van der Waals surface area contributed by atoms with E-state index in [1.54, 1.807) is 11.0 Å². The lowest BCUT2D eigenvalue weighted by atomic mass is 10.0. The molecule has 0 spiro atoms. The maximum Gasteiger partial charge on any atom is 0.407 e. The Bertz CT molecular complexity index is 1190. The minimum absolute atomic E-state index is 0.0325. The smallest absolute Gasteiger partial charge is 0.407 e. The fourth-order valence-corrected chi connectivity index (χ4v) is 5.35. The molecule has 8 nitrogen and oxygen atoms in total. The van der Waals surface area contributed by atoms with E-state index in [0.717, 1.165) is 56.3 Å². The summed E-state index contributed by atoms with van der Waals surface area (Å²) >= 11 is 0. The third-order valence-corrected chi connectivity index (χ3v) is 7.16. The lowest BCUT2D eigenvalue weighted by molar-refractivity contribution is -0.114. The largest absolute Gasteiger partial charge is 0.465 e. The van der Waals surface area contributed by atoms with Gasteiger partial charge in [-0.05, 0) is 42.0 Å². The SMILES string of the molecule is CS(=O)(=O)NC(=O)/C=C/c1cccc(CN2CCC(N(C(=O)O)C3CC3c3ccccc3)CC2)c1. The Hall–Kier alpha value is -3.17. The third kappa shape index (κ3) is 6.93. The second kappa shape index (κ2) is 10.6. The standard InChI is InChI=1S/C26H31N3O5S/c1-35(33,34)27-25(30)11-10-19-6-5-7-20(16-19)18-28-14-12-22(13-15-28)29(26(31)32)24-17-23(24)21-8-3-2-4-9-21/h2-11,16,22-24H,12-15,17-18H2,1H3,(H,27,30)(H,31,32)/b11-10+. The first-order chi connectivity index (χ1) is 16.7. The zero-order valence-corrected chi connectivity index (χ0v) is 20.5. The lowest BCUT2D eigenvalue weighted by Gasteiger charge is -2.37. The molecular formula is C26H31N3O5S. The molecule has 0 radical (unpaired) electrons. The van der Waals surface area contributed by atoms with Crippen LogP contribution in [0.1, 0.15) is 41.9 Å². The van der Waals surface area contributed by atoms with E-state index in [9.17, 15) is 23.1 Å². The Morgan fingerprint density at radius 1 is 1.11 bits per heavy atom. The summed E-state index contributed by atoms with van der Waals surface area (Å²) in [5.41, 5.74) is 3.10. The van der Waals surface area contributed by atoms with Gasteiger partial charge in [0.15, 0.2) is 0 Å². The number of benzene rings is 2. The highest BCUT2D eigenvalue weighted by molar-refractivity contribution is 7.89. The van der Waals surface area contributed by atoms with Crippen molar-refractivity contribution in [3.05, 3.63) is 77.4 Å². The summed E-state index contributed by atoms with van der Waals surface area (Å²) in [5.74, 6) is -0.395. The molecule has 186 valence electrons. The van der Waals surface area contributed by atoms with Gasteiger partial charge in [-0.25, -0.2) is 17.9 Å². The second-order valence-electron chi connectivity index (χ2n) is 9.33. The van der Waals surface area contributed by atoms with E-state index in [2.05, 4.69) is 17.0 Å². The van der Waals surface area contributed by atoms with Crippen LogP contribution in [0.25, 0.3) is 6.08 Å². The molecule has 1 aliphatic heterocycles. The van der Waals surface area contributed by atoms with Gasteiger partial charge in [-0.2, -0.15) is 0 Å². The minimum atomic E-state index is -3.59. The van der Waals surface area contributed by atoms with E-state index in [0.29, 0.717) is 5.92 Å². The van der Waals surface area contributed by atoms with E-state index >= 15 is 0 Å². The molecule has 1 saturated carbocycles. The number of likely N-dealkylation sites (tertiary alicyclic amines) is 1. The van der Waals surface area contributed by atoms with Gasteiger partial charge in [0, 0.05) is 43.7 Å². The molecule has 2 fully saturated rings. The van der Waals surface area contributed by atoms with E-state index in [1.165, 1.54) is 11.6 Å². The van der Waals surface area contributed by atoms with Crippen LogP contribution in [0.5, 0.6) is 0 Å². The predicted octanol–water partition coefficient (Wildman–Crippen LogP) is 3.28. The highest BCUT2D eigenvalue weighted by Crippen LogP contribution is 2.46. The maximum atomic E-state index is 12.1. The van der Waals surface area contributed by atoms with E-state index in [-0.39, 0.29) is 12.1 Å². The summed E-state index contributed by atoms with van der Waals surface area (Å²) in [4.78, 5) is 27.8. The topological polar surface area (TPSA) is 107 Å². The van der Waals surface area contributed by atoms with Crippen molar-refractivity contribution < 1.29 is 23.1 Å². The van der Waals surface area contributed by atoms with Gasteiger partial charge in [0.2, 0.25) is 10.0 Å². The van der Waals surface area contributed by atoms with Crippen LogP contribution in [0, 0.1) is 0 Å². The molecule has 2 aromatic rings. The second-order valence-corrected chi connectivity index (χ2v) is 11.1. The maximum absolute atomic E-state index is 12.1. The Morgan fingerprint density at radius 3 is 2.49 bits per heavy atom. The summed E-state index contributed by atoms with van der Waals surface area (Å²) in [5, 5.41) is 9.93. The van der Waals surface area contributed by atoms with E-state index < -0.39 is 22.0 Å². The van der Waals surface area contributed by atoms with Gasteiger partial charge in [-0.1, -0.05) is 54.6 Å². The first-order valence-electron chi connectivity index (χ1n) is 11.8. The average Bonchev–Trinajstić information content (AvgIpc) is 3.59. The molecule has 1 aliphatic carbocycles. The van der Waals surface area contributed by atoms with Gasteiger partial charge in [0.1, 0.15) is 0 Å². The van der Waals surface area contributed by atoms with Crippen LogP contribution in [-0.4, -0.2) is 66.8 Å². The number of carboxylic acid groups (broad SMARTS) is 1. The number of carbonyl (C=O) groups is 2. The lowest BCUT2D eigenvalue weighted by Crippen LogP contribution is -2.48. The van der Waals surface area contributed by atoms with Crippen LogP contribution in [0.3, 0.4) is 0 Å². The molecule has 1 saturated heterocycles. The zero-order valence-electron chi connectivity index (χ0n) is 19.7. The quantitative estimate of drug-likeness (QED) is 0.542. The number of rotatable bonds is 8. The van der Waals surface area contributed by atoms with Gasteiger partial charge >= 0.3 is 6.09 Å². The molecule has 0 aromatic heterocycles. The molecule has 9 heteroatoms. The van der Waals surface area contributed by atoms with E-state index in [4.69, 9.17) is 0 Å². The summed E-state index contributed by atoms with van der Waals surface area (Å²) in [6.07, 6.45) is 5.38. The van der Waals surface area contributed by atoms with Crippen molar-refractivity contribution in [3.8, 4) is 0 Å². The summed E-state index contributed by atoms with van der Waals surface area (Å²) in [6, 6.07) is 18.0. The molecule has 2 N–H and O–H groups in total. The number of carbonyl (C=O) groups excluding carboxylic acids is 1. The summed E-state index contributed by atoms with van der Waals surface area (Å²) in [7, 11) is -3.59. The van der Waals surface area contributed by atoms with Gasteiger partial charge < -0.3 is 10.0 Å². The fraction of sp³-hybridized carbons (Fsp3) is 0.385. The van der Waals surface area contributed by atoms with Gasteiger partial charge in [-0.15, -0.1) is 0 Å². The van der Waals surface area contributed by atoms with Crippen LogP contribution in [0.15, 0.2) is 60.7 Å². The van der Waals surface area contributed by atoms with Crippen LogP contribution in [0.4, 0.5) is 4.79 Å². The average molecular weight is 498 g/mol. The van der Waals surface area contributed by atoms with Crippen LogP contribution >= 0.6 is 0 Å². The van der Waals surface area contributed by atoms with Crippen LogP contribution in [-0.2, 0) is 21.4 Å².